The Balaban J connectivity index is 1.93. The molecular weight excluding hydrogens is 286 g/mol. The van der Waals surface area contributed by atoms with Crippen LogP contribution in [-0.4, -0.2) is 41.6 Å². The van der Waals surface area contributed by atoms with Crippen LogP contribution in [0, 0.1) is 11.8 Å². The summed E-state index contributed by atoms with van der Waals surface area (Å²) in [4.78, 5) is 27.0. The minimum absolute atomic E-state index is 0.0220. The minimum Gasteiger partial charge on any atom is -0.441 e. The lowest BCUT2D eigenvalue weighted by Crippen LogP contribution is -2.57. The fraction of sp³-hybridized carbons (Fsp3) is 0.667. The van der Waals surface area contributed by atoms with E-state index in [0.717, 1.165) is 0 Å². The van der Waals surface area contributed by atoms with Gasteiger partial charge in [-0.15, -0.1) is 0 Å². The van der Waals surface area contributed by atoms with Crippen molar-refractivity contribution in [2.24, 2.45) is 11.8 Å². The average Bonchev–Trinajstić information content (AvgIpc) is 2.99. The molecular formula is C15H23N3O4. The lowest BCUT2D eigenvalue weighted by Gasteiger charge is -2.44. The van der Waals surface area contributed by atoms with Crippen LogP contribution in [0.2, 0.25) is 0 Å². The highest BCUT2D eigenvalue weighted by molar-refractivity contribution is 5.89. The molecule has 1 saturated heterocycles. The molecule has 5 atom stereocenters. The van der Waals surface area contributed by atoms with E-state index >= 15 is 0 Å². The lowest BCUT2D eigenvalue weighted by atomic mass is 9.80. The molecule has 0 radical (unpaired) electrons. The zero-order valence-electron chi connectivity index (χ0n) is 13.3. The molecule has 0 saturated carbocycles. The molecule has 0 spiro atoms. The van der Waals surface area contributed by atoms with Gasteiger partial charge in [-0.3, -0.25) is 9.59 Å². The highest BCUT2D eigenvalue weighted by Crippen LogP contribution is 2.30. The molecule has 0 bridgehead atoms. The van der Waals surface area contributed by atoms with Gasteiger partial charge in [0.15, 0.2) is 0 Å². The molecule has 1 aliphatic heterocycles. The average molecular weight is 309 g/mol. The van der Waals surface area contributed by atoms with Crippen LogP contribution in [0.1, 0.15) is 38.4 Å². The maximum atomic E-state index is 11.8. The summed E-state index contributed by atoms with van der Waals surface area (Å²) in [7, 11) is 0. The molecule has 122 valence electrons. The zero-order chi connectivity index (χ0) is 16.3. The van der Waals surface area contributed by atoms with E-state index in [1.807, 2.05) is 6.92 Å². The van der Waals surface area contributed by atoms with Crippen molar-refractivity contribution in [3.8, 4) is 0 Å². The van der Waals surface area contributed by atoms with E-state index in [2.05, 4.69) is 29.5 Å². The highest BCUT2D eigenvalue weighted by atomic mass is 16.5. The number of amides is 2. The summed E-state index contributed by atoms with van der Waals surface area (Å²) in [6.07, 6.45) is 2.56. The Morgan fingerprint density at radius 1 is 1.27 bits per heavy atom. The first-order valence-electron chi connectivity index (χ1n) is 7.50. The van der Waals surface area contributed by atoms with Crippen molar-refractivity contribution in [1.82, 2.24) is 15.6 Å². The van der Waals surface area contributed by atoms with Gasteiger partial charge in [-0.25, -0.2) is 4.98 Å². The second kappa shape index (κ2) is 6.91. The van der Waals surface area contributed by atoms with E-state index < -0.39 is 0 Å². The first-order chi connectivity index (χ1) is 10.4. The summed E-state index contributed by atoms with van der Waals surface area (Å²) in [5.74, 6) is 0.0649. The molecule has 7 heteroatoms. The molecule has 1 fully saturated rings. The van der Waals surface area contributed by atoms with Crippen molar-refractivity contribution in [3.05, 3.63) is 18.4 Å². The number of rotatable bonds is 4. The Hall–Kier alpha value is -1.89. The number of nitrogens with one attached hydrogen (secondary N) is 2. The molecule has 2 rings (SSSR count). The van der Waals surface area contributed by atoms with Crippen LogP contribution in [-0.2, 0) is 9.53 Å². The number of nitrogens with zero attached hydrogens (tertiary/aromatic N) is 1. The normalized spacial score (nSPS) is 31.5. The lowest BCUT2D eigenvalue weighted by molar-refractivity contribution is -0.132. The van der Waals surface area contributed by atoms with Crippen LogP contribution in [0.25, 0.3) is 0 Å². The summed E-state index contributed by atoms with van der Waals surface area (Å²) in [5.41, 5.74) is 0. The second-order valence-corrected chi connectivity index (χ2v) is 5.87. The Morgan fingerprint density at radius 3 is 2.59 bits per heavy atom. The van der Waals surface area contributed by atoms with Gasteiger partial charge < -0.3 is 19.8 Å². The van der Waals surface area contributed by atoms with Gasteiger partial charge in [-0.05, 0) is 18.8 Å². The molecule has 2 N–H and O–H groups in total. The van der Waals surface area contributed by atoms with Crippen LogP contribution in [0.4, 0.5) is 0 Å². The Bertz CT molecular complexity index is 517. The van der Waals surface area contributed by atoms with Gasteiger partial charge in [0.05, 0.1) is 24.4 Å². The molecule has 5 unspecified atom stereocenters. The third-order valence-corrected chi connectivity index (χ3v) is 4.34. The number of hydrogen-bond acceptors (Lipinski definition) is 5. The van der Waals surface area contributed by atoms with Crippen LogP contribution >= 0.6 is 0 Å². The largest absolute Gasteiger partial charge is 0.441 e. The summed E-state index contributed by atoms with van der Waals surface area (Å²) >= 11 is 0. The number of oxazole rings is 1. The van der Waals surface area contributed by atoms with Crippen molar-refractivity contribution in [2.45, 2.75) is 45.9 Å². The monoisotopic (exact) mass is 309 g/mol. The van der Waals surface area contributed by atoms with Crippen LogP contribution in [0.5, 0.6) is 0 Å². The summed E-state index contributed by atoms with van der Waals surface area (Å²) < 4.78 is 10.9. The van der Waals surface area contributed by atoms with E-state index in [1.165, 1.54) is 19.4 Å². The number of aromatic nitrogens is 1. The maximum Gasteiger partial charge on any atom is 0.307 e. The van der Waals surface area contributed by atoms with E-state index in [1.54, 1.807) is 0 Å². The Kier molecular flexibility index (Phi) is 5.18. The van der Waals surface area contributed by atoms with E-state index in [0.29, 0.717) is 6.54 Å². The van der Waals surface area contributed by atoms with Crippen LogP contribution in [0.15, 0.2) is 16.9 Å². The quantitative estimate of drug-likeness (QED) is 0.864. The van der Waals surface area contributed by atoms with Crippen molar-refractivity contribution in [1.29, 1.82) is 0 Å². The molecule has 2 amide bonds. The summed E-state index contributed by atoms with van der Waals surface area (Å²) in [5, 5.41) is 5.72. The fourth-order valence-corrected chi connectivity index (χ4v) is 2.90. The maximum absolute atomic E-state index is 11.8. The third kappa shape index (κ3) is 3.65. The molecule has 1 aromatic heterocycles. The first-order valence-corrected chi connectivity index (χ1v) is 7.50. The number of carbonyl (C=O) groups excluding carboxylic acids is 2. The first kappa shape index (κ1) is 16.5. The SMILES string of the molecule is CC(=O)NC1C(C)OC(CNC(=O)c2ncco2)C(C)C1C. The van der Waals surface area contributed by atoms with Crippen molar-refractivity contribution in [3.63, 3.8) is 0 Å². The van der Waals surface area contributed by atoms with Crippen molar-refractivity contribution in [2.75, 3.05) is 6.54 Å². The summed E-state index contributed by atoms with van der Waals surface area (Å²) in [6, 6.07) is -0.0220. The van der Waals surface area contributed by atoms with Crippen molar-refractivity contribution < 1.29 is 18.7 Å². The Morgan fingerprint density at radius 2 is 2.00 bits per heavy atom. The van der Waals surface area contributed by atoms with Crippen LogP contribution < -0.4 is 10.6 Å². The molecule has 1 aliphatic rings. The molecule has 1 aromatic rings. The van der Waals surface area contributed by atoms with E-state index in [-0.39, 0.29) is 47.8 Å². The third-order valence-electron chi connectivity index (χ3n) is 4.34. The summed E-state index contributed by atoms with van der Waals surface area (Å²) in [6.45, 7) is 7.98. The molecule has 22 heavy (non-hydrogen) atoms. The van der Waals surface area contributed by atoms with Crippen LogP contribution in [0.3, 0.4) is 0 Å². The van der Waals surface area contributed by atoms with Crippen molar-refractivity contribution >= 4 is 11.8 Å². The van der Waals surface area contributed by atoms with Gasteiger partial charge in [0.1, 0.15) is 6.26 Å². The molecule has 2 heterocycles. The van der Waals surface area contributed by atoms with Gasteiger partial charge in [0.2, 0.25) is 5.91 Å². The Labute approximate surface area is 129 Å². The smallest absolute Gasteiger partial charge is 0.307 e. The number of carbonyl (C=O) groups is 2. The number of ether oxygens (including phenoxy) is 1. The fourth-order valence-electron chi connectivity index (χ4n) is 2.90. The predicted octanol–water partition coefficient (Wildman–Crippen LogP) is 0.969. The highest BCUT2D eigenvalue weighted by Gasteiger charge is 2.39. The van der Waals surface area contributed by atoms with Gasteiger partial charge >= 0.3 is 5.91 Å². The van der Waals surface area contributed by atoms with Gasteiger partial charge in [0.25, 0.3) is 5.89 Å². The predicted molar refractivity (Wildman–Crippen MR) is 79.1 cm³/mol. The second-order valence-electron chi connectivity index (χ2n) is 5.87. The standard InChI is InChI=1S/C15H23N3O4/c1-8-9(2)13(18-11(4)19)10(3)22-12(8)7-17-14(20)15-16-5-6-21-15/h5-6,8-10,12-13H,7H2,1-4H3,(H,17,20)(H,18,19). The van der Waals surface area contributed by atoms with Gasteiger partial charge in [-0.1, -0.05) is 13.8 Å². The van der Waals surface area contributed by atoms with Gasteiger partial charge in [-0.2, -0.15) is 0 Å². The zero-order valence-corrected chi connectivity index (χ0v) is 13.3. The topological polar surface area (TPSA) is 93.5 Å². The molecule has 0 aliphatic carbocycles. The minimum atomic E-state index is -0.356. The van der Waals surface area contributed by atoms with E-state index in [4.69, 9.17) is 9.15 Å². The molecule has 7 nitrogen and oxygen atoms in total. The van der Waals surface area contributed by atoms with E-state index in [9.17, 15) is 9.59 Å². The molecule has 0 aromatic carbocycles. The number of hydrogen-bond donors (Lipinski definition) is 2. The van der Waals surface area contributed by atoms with Gasteiger partial charge in [0, 0.05) is 13.5 Å².